The fourth-order valence-electron chi connectivity index (χ4n) is 2.78. The number of nitrogens with zero attached hydrogens (tertiary/aromatic N) is 5. The van der Waals surface area contributed by atoms with Crippen molar-refractivity contribution in [3.05, 3.63) is 12.1 Å². The van der Waals surface area contributed by atoms with Gasteiger partial charge in [0.2, 0.25) is 5.91 Å². The lowest BCUT2D eigenvalue weighted by molar-refractivity contribution is -0.136. The molecule has 22 heavy (non-hydrogen) atoms. The molecule has 0 atom stereocenters. The van der Waals surface area contributed by atoms with Crippen molar-refractivity contribution in [1.82, 2.24) is 15.1 Å². The maximum Gasteiger partial charge on any atom is 0.225 e. The molecular weight excluding hydrogens is 278 g/mol. The maximum atomic E-state index is 12.4. The molecule has 6 nitrogen and oxygen atoms in total. The highest BCUT2D eigenvalue weighted by Gasteiger charge is 2.26. The Kier molecular flexibility index (Phi) is 5.57. The molecule has 1 saturated heterocycles. The van der Waals surface area contributed by atoms with E-state index in [1.54, 1.807) is 0 Å². The van der Waals surface area contributed by atoms with Crippen molar-refractivity contribution >= 4 is 17.5 Å². The van der Waals surface area contributed by atoms with Crippen LogP contribution in [0.2, 0.25) is 0 Å². The van der Waals surface area contributed by atoms with Crippen LogP contribution in [0, 0.1) is 5.92 Å². The summed E-state index contributed by atoms with van der Waals surface area (Å²) in [5.74, 6) is 2.22. The Labute approximate surface area is 133 Å². The molecule has 2 rings (SSSR count). The first kappa shape index (κ1) is 16.5. The number of hydrogen-bond donors (Lipinski definition) is 0. The quantitative estimate of drug-likeness (QED) is 0.827. The number of piperazine rings is 1. The second-order valence-corrected chi connectivity index (χ2v) is 5.97. The van der Waals surface area contributed by atoms with Crippen LogP contribution >= 0.6 is 0 Å². The van der Waals surface area contributed by atoms with Gasteiger partial charge in [0, 0.05) is 46.2 Å². The highest BCUT2D eigenvalue weighted by atomic mass is 16.2. The van der Waals surface area contributed by atoms with Gasteiger partial charge < -0.3 is 14.7 Å². The Hall–Kier alpha value is -1.85. The van der Waals surface area contributed by atoms with Gasteiger partial charge in [-0.3, -0.25) is 4.79 Å². The molecule has 122 valence electrons. The molecule has 1 aliphatic rings. The van der Waals surface area contributed by atoms with Crippen LogP contribution in [0.4, 0.5) is 11.6 Å². The zero-order valence-corrected chi connectivity index (χ0v) is 14.1. The number of carbonyl (C=O) groups excluding carboxylic acids is 1. The Morgan fingerprint density at radius 1 is 1.14 bits per heavy atom. The third kappa shape index (κ3) is 3.67. The molecular formula is C16H27N5O. The van der Waals surface area contributed by atoms with Gasteiger partial charge in [0.25, 0.3) is 0 Å². The topological polar surface area (TPSA) is 52.6 Å². The van der Waals surface area contributed by atoms with Gasteiger partial charge in [0.05, 0.1) is 0 Å². The molecule has 0 spiro atoms. The number of anilines is 2. The third-order valence-electron chi connectivity index (χ3n) is 4.34. The standard InChI is InChI=1S/C16H27N5O/c1-5-13(6-2)16(22)21-11-9-20(10-12-21)15-8-7-14(17-18-15)19(3)4/h7-8,13H,5-6,9-12H2,1-4H3. The van der Waals surface area contributed by atoms with Crippen LogP contribution in [0.5, 0.6) is 0 Å². The van der Waals surface area contributed by atoms with E-state index in [-0.39, 0.29) is 5.92 Å². The molecule has 1 amide bonds. The summed E-state index contributed by atoms with van der Waals surface area (Å²) in [7, 11) is 3.90. The van der Waals surface area contributed by atoms with E-state index in [0.717, 1.165) is 50.7 Å². The molecule has 1 aromatic rings. The van der Waals surface area contributed by atoms with Crippen LogP contribution in [0.3, 0.4) is 0 Å². The summed E-state index contributed by atoms with van der Waals surface area (Å²) in [6.07, 6.45) is 1.85. The van der Waals surface area contributed by atoms with Crippen molar-refractivity contribution in [2.45, 2.75) is 26.7 Å². The van der Waals surface area contributed by atoms with Crippen molar-refractivity contribution in [2.75, 3.05) is 50.1 Å². The number of amides is 1. The van der Waals surface area contributed by atoms with Gasteiger partial charge >= 0.3 is 0 Å². The lowest BCUT2D eigenvalue weighted by Crippen LogP contribution is -2.50. The van der Waals surface area contributed by atoms with Crippen molar-refractivity contribution in [1.29, 1.82) is 0 Å². The average Bonchev–Trinajstić information content (AvgIpc) is 2.56. The van der Waals surface area contributed by atoms with Crippen LogP contribution in [0.15, 0.2) is 12.1 Å². The van der Waals surface area contributed by atoms with E-state index in [4.69, 9.17) is 0 Å². The molecule has 1 aromatic heterocycles. The molecule has 0 radical (unpaired) electrons. The third-order valence-corrected chi connectivity index (χ3v) is 4.34. The Bertz CT molecular complexity index is 476. The second kappa shape index (κ2) is 7.42. The van der Waals surface area contributed by atoms with Crippen LogP contribution in [0.25, 0.3) is 0 Å². The smallest absolute Gasteiger partial charge is 0.225 e. The minimum absolute atomic E-state index is 0.172. The fraction of sp³-hybridized carbons (Fsp3) is 0.688. The summed E-state index contributed by atoms with van der Waals surface area (Å²) < 4.78 is 0. The van der Waals surface area contributed by atoms with Crippen LogP contribution in [-0.4, -0.2) is 61.3 Å². The summed E-state index contributed by atoms with van der Waals surface area (Å²) in [6, 6.07) is 3.98. The second-order valence-electron chi connectivity index (χ2n) is 5.97. The summed E-state index contributed by atoms with van der Waals surface area (Å²) in [5.41, 5.74) is 0. The molecule has 0 unspecified atom stereocenters. The number of carbonyl (C=O) groups is 1. The van der Waals surface area contributed by atoms with E-state index >= 15 is 0 Å². The van der Waals surface area contributed by atoms with Crippen molar-refractivity contribution in [3.8, 4) is 0 Å². The number of rotatable bonds is 5. The van der Waals surface area contributed by atoms with Gasteiger partial charge in [0.15, 0.2) is 11.6 Å². The maximum absolute atomic E-state index is 12.4. The molecule has 0 aromatic carbocycles. The van der Waals surface area contributed by atoms with Crippen molar-refractivity contribution in [3.63, 3.8) is 0 Å². The van der Waals surface area contributed by atoms with Gasteiger partial charge in [-0.2, -0.15) is 0 Å². The summed E-state index contributed by atoms with van der Waals surface area (Å²) >= 11 is 0. The minimum atomic E-state index is 0.172. The van der Waals surface area contributed by atoms with E-state index in [1.807, 2.05) is 36.0 Å². The van der Waals surface area contributed by atoms with Gasteiger partial charge in [0.1, 0.15) is 0 Å². The predicted molar refractivity (Wildman–Crippen MR) is 89.2 cm³/mol. The zero-order chi connectivity index (χ0) is 16.1. The Morgan fingerprint density at radius 3 is 2.23 bits per heavy atom. The normalized spacial score (nSPS) is 15.3. The van der Waals surface area contributed by atoms with Crippen molar-refractivity contribution < 1.29 is 4.79 Å². The van der Waals surface area contributed by atoms with E-state index in [2.05, 4.69) is 28.9 Å². The van der Waals surface area contributed by atoms with Crippen LogP contribution in [-0.2, 0) is 4.79 Å². The van der Waals surface area contributed by atoms with Gasteiger partial charge in [-0.1, -0.05) is 13.8 Å². The summed E-state index contributed by atoms with van der Waals surface area (Å²) in [4.78, 5) is 18.5. The monoisotopic (exact) mass is 305 g/mol. The highest BCUT2D eigenvalue weighted by molar-refractivity contribution is 5.79. The molecule has 0 saturated carbocycles. The molecule has 2 heterocycles. The van der Waals surface area contributed by atoms with E-state index in [9.17, 15) is 4.79 Å². The lowest BCUT2D eigenvalue weighted by Gasteiger charge is -2.36. The largest absolute Gasteiger partial charge is 0.361 e. The number of aromatic nitrogens is 2. The molecule has 0 N–H and O–H groups in total. The molecule has 6 heteroatoms. The first-order chi connectivity index (χ1) is 10.6. The first-order valence-electron chi connectivity index (χ1n) is 8.11. The molecule has 0 bridgehead atoms. The van der Waals surface area contributed by atoms with Gasteiger partial charge in [-0.15, -0.1) is 10.2 Å². The summed E-state index contributed by atoms with van der Waals surface area (Å²) in [5, 5.41) is 8.51. The number of hydrogen-bond acceptors (Lipinski definition) is 5. The Morgan fingerprint density at radius 2 is 1.77 bits per heavy atom. The van der Waals surface area contributed by atoms with Gasteiger partial charge in [-0.25, -0.2) is 0 Å². The fourth-order valence-corrected chi connectivity index (χ4v) is 2.78. The van der Waals surface area contributed by atoms with E-state index < -0.39 is 0 Å². The highest BCUT2D eigenvalue weighted by Crippen LogP contribution is 2.18. The molecule has 0 aliphatic carbocycles. The van der Waals surface area contributed by atoms with Crippen LogP contribution in [0.1, 0.15) is 26.7 Å². The average molecular weight is 305 g/mol. The van der Waals surface area contributed by atoms with E-state index in [0.29, 0.717) is 5.91 Å². The Balaban J connectivity index is 1.93. The summed E-state index contributed by atoms with van der Waals surface area (Å²) in [6.45, 7) is 7.36. The minimum Gasteiger partial charge on any atom is -0.361 e. The molecule has 1 aliphatic heterocycles. The van der Waals surface area contributed by atoms with Crippen molar-refractivity contribution in [2.24, 2.45) is 5.92 Å². The van der Waals surface area contributed by atoms with Crippen LogP contribution < -0.4 is 9.80 Å². The SMILES string of the molecule is CCC(CC)C(=O)N1CCN(c2ccc(N(C)C)nn2)CC1. The van der Waals surface area contributed by atoms with Gasteiger partial charge in [-0.05, 0) is 25.0 Å². The molecule has 1 fully saturated rings. The predicted octanol–water partition coefficient (Wildman–Crippen LogP) is 1.63. The van der Waals surface area contributed by atoms with E-state index in [1.165, 1.54) is 0 Å². The lowest BCUT2D eigenvalue weighted by atomic mass is 10.0. The zero-order valence-electron chi connectivity index (χ0n) is 14.1. The first-order valence-corrected chi connectivity index (χ1v) is 8.11.